The van der Waals surface area contributed by atoms with E-state index in [9.17, 15) is 0 Å². The first kappa shape index (κ1) is 15.1. The van der Waals surface area contributed by atoms with E-state index in [1.807, 2.05) is 12.1 Å². The first-order valence-electron chi connectivity index (χ1n) is 9.48. The normalized spacial score (nSPS) is 30.6. The van der Waals surface area contributed by atoms with Crippen molar-refractivity contribution in [1.29, 1.82) is 0 Å². The van der Waals surface area contributed by atoms with Crippen molar-refractivity contribution < 1.29 is 9.15 Å². The molecule has 3 heterocycles. The lowest BCUT2D eigenvalue weighted by molar-refractivity contribution is -0.146. The van der Waals surface area contributed by atoms with Gasteiger partial charge in [-0.15, -0.1) is 0 Å². The van der Waals surface area contributed by atoms with Gasteiger partial charge in [-0.25, -0.2) is 5.01 Å². The highest BCUT2D eigenvalue weighted by molar-refractivity contribution is 5.99. The molecule has 1 spiro atoms. The van der Waals surface area contributed by atoms with Gasteiger partial charge in [0, 0.05) is 24.8 Å². The summed E-state index contributed by atoms with van der Waals surface area (Å²) in [5, 5.41) is 7.27. The van der Waals surface area contributed by atoms with E-state index in [0.717, 1.165) is 42.4 Å². The minimum Gasteiger partial charge on any atom is -0.466 e. The molecule has 0 amide bonds. The third-order valence-electron chi connectivity index (χ3n) is 6.18. The fraction of sp³-hybridized carbons (Fsp3) is 0.476. The maximum Gasteiger partial charge on any atom is 0.198 e. The second-order valence-corrected chi connectivity index (χ2v) is 7.53. The van der Waals surface area contributed by atoms with E-state index in [1.54, 1.807) is 6.26 Å². The molecule has 1 aromatic heterocycles. The van der Waals surface area contributed by atoms with E-state index in [0.29, 0.717) is 0 Å². The Balaban J connectivity index is 1.56. The average Bonchev–Trinajstić information content (AvgIpc) is 3.33. The zero-order valence-electron chi connectivity index (χ0n) is 14.6. The van der Waals surface area contributed by atoms with Crippen molar-refractivity contribution in [1.82, 2.24) is 5.01 Å². The molecule has 2 aromatic rings. The van der Waals surface area contributed by atoms with Gasteiger partial charge in [0.05, 0.1) is 12.3 Å². The number of ether oxygens (including phenoxy) is 1. The summed E-state index contributed by atoms with van der Waals surface area (Å²) in [6.45, 7) is 2.30. The van der Waals surface area contributed by atoms with Crippen molar-refractivity contribution >= 4 is 5.71 Å². The number of rotatable bonds is 2. The van der Waals surface area contributed by atoms with Crippen LogP contribution in [0, 0.1) is 5.92 Å². The molecule has 1 atom stereocenters. The molecule has 5 rings (SSSR count). The zero-order chi connectivity index (χ0) is 16.9. The lowest BCUT2D eigenvalue weighted by Gasteiger charge is -2.50. The number of hydrogen-bond donors (Lipinski definition) is 0. The topological polar surface area (TPSA) is 38.0 Å². The fourth-order valence-corrected chi connectivity index (χ4v) is 4.69. The predicted molar refractivity (Wildman–Crippen MR) is 96.5 cm³/mol. The van der Waals surface area contributed by atoms with Crippen molar-refractivity contribution in [2.45, 2.75) is 57.2 Å². The Morgan fingerprint density at radius 1 is 1.16 bits per heavy atom. The molecule has 130 valence electrons. The van der Waals surface area contributed by atoms with Crippen LogP contribution in [0.15, 0.2) is 52.2 Å². The summed E-state index contributed by atoms with van der Waals surface area (Å²) in [6.07, 6.45) is 8.39. The zero-order valence-corrected chi connectivity index (χ0v) is 14.6. The molecule has 2 aliphatic heterocycles. The Bertz CT molecular complexity index is 788. The number of benzene rings is 1. The van der Waals surface area contributed by atoms with E-state index in [4.69, 9.17) is 14.3 Å². The van der Waals surface area contributed by atoms with E-state index in [-0.39, 0.29) is 11.8 Å². The third kappa shape index (κ3) is 2.30. The van der Waals surface area contributed by atoms with Crippen molar-refractivity contribution in [3.8, 4) is 5.75 Å². The third-order valence-corrected chi connectivity index (χ3v) is 6.18. The van der Waals surface area contributed by atoms with Gasteiger partial charge in [-0.1, -0.05) is 31.5 Å². The van der Waals surface area contributed by atoms with Crippen LogP contribution < -0.4 is 4.74 Å². The summed E-state index contributed by atoms with van der Waals surface area (Å²) in [5.41, 5.74) is 1.99. The summed E-state index contributed by atoms with van der Waals surface area (Å²) in [7, 11) is 0. The lowest BCUT2D eigenvalue weighted by Crippen LogP contribution is -2.55. The molecule has 25 heavy (non-hydrogen) atoms. The van der Waals surface area contributed by atoms with E-state index in [2.05, 4.69) is 36.2 Å². The number of nitrogens with zero attached hydrogens (tertiary/aromatic N) is 2. The molecule has 1 unspecified atom stereocenters. The Morgan fingerprint density at radius 3 is 2.76 bits per heavy atom. The monoisotopic (exact) mass is 336 g/mol. The maximum atomic E-state index is 6.62. The summed E-state index contributed by atoms with van der Waals surface area (Å²) >= 11 is 0. The summed E-state index contributed by atoms with van der Waals surface area (Å²) in [6, 6.07) is 12.7. The van der Waals surface area contributed by atoms with Crippen LogP contribution in [0.4, 0.5) is 0 Å². The van der Waals surface area contributed by atoms with Crippen molar-refractivity contribution in [2.24, 2.45) is 11.0 Å². The largest absolute Gasteiger partial charge is 0.466 e. The minimum absolute atomic E-state index is 0.253. The van der Waals surface area contributed by atoms with Gasteiger partial charge in [0.25, 0.3) is 0 Å². The Hall–Kier alpha value is -2.23. The minimum atomic E-state index is -0.293. The van der Waals surface area contributed by atoms with Crippen LogP contribution in [0.3, 0.4) is 0 Å². The van der Waals surface area contributed by atoms with Crippen molar-refractivity contribution in [2.75, 3.05) is 0 Å². The predicted octanol–water partition coefficient (Wildman–Crippen LogP) is 5.12. The molecular weight excluding hydrogens is 312 g/mol. The number of hydrazone groups is 1. The second-order valence-electron chi connectivity index (χ2n) is 7.53. The van der Waals surface area contributed by atoms with Crippen molar-refractivity contribution in [3.05, 3.63) is 54.0 Å². The van der Waals surface area contributed by atoms with E-state index >= 15 is 0 Å². The van der Waals surface area contributed by atoms with Crippen LogP contribution >= 0.6 is 0 Å². The van der Waals surface area contributed by atoms with Crippen LogP contribution in [0.1, 0.15) is 62.8 Å². The quantitative estimate of drug-likeness (QED) is 0.764. The summed E-state index contributed by atoms with van der Waals surface area (Å²) in [4.78, 5) is 0. The van der Waals surface area contributed by atoms with Gasteiger partial charge in [-0.3, -0.25) is 0 Å². The number of furan rings is 1. The highest BCUT2D eigenvalue weighted by Crippen LogP contribution is 2.52. The molecule has 3 aliphatic rings. The molecule has 0 bridgehead atoms. The summed E-state index contributed by atoms with van der Waals surface area (Å²) < 4.78 is 12.2. The number of fused-ring (bicyclic) bond motifs is 4. The fourth-order valence-electron chi connectivity index (χ4n) is 4.69. The average molecular weight is 336 g/mol. The molecule has 0 N–H and O–H groups in total. The van der Waals surface area contributed by atoms with Crippen molar-refractivity contribution in [3.63, 3.8) is 0 Å². The van der Waals surface area contributed by atoms with Gasteiger partial charge >= 0.3 is 0 Å². The standard InChI is InChI=1S/C21H24N2O2/c1-2-15-9-11-21(12-10-15)23-18(16-6-3-4-7-19(16)25-21)14-17(22-23)20-8-5-13-24-20/h3-8,13,15,18H,2,9-12,14H2,1H3. The van der Waals surface area contributed by atoms with Gasteiger partial charge in [0.2, 0.25) is 0 Å². The smallest absolute Gasteiger partial charge is 0.198 e. The first-order valence-corrected chi connectivity index (χ1v) is 9.48. The van der Waals surface area contributed by atoms with E-state index < -0.39 is 0 Å². The molecule has 1 saturated carbocycles. The Kier molecular flexibility index (Phi) is 3.40. The maximum absolute atomic E-state index is 6.62. The van der Waals surface area contributed by atoms with Crippen LogP contribution in [0.25, 0.3) is 0 Å². The molecule has 0 radical (unpaired) electrons. The molecular formula is C21H24N2O2. The van der Waals surface area contributed by atoms with Gasteiger partial charge in [0.15, 0.2) is 5.72 Å². The molecule has 0 saturated heterocycles. The van der Waals surface area contributed by atoms with Gasteiger partial charge < -0.3 is 9.15 Å². The van der Waals surface area contributed by atoms with Crippen LogP contribution in [0.5, 0.6) is 5.75 Å². The van der Waals surface area contributed by atoms with Gasteiger partial charge in [-0.2, -0.15) is 5.10 Å². The molecule has 1 aliphatic carbocycles. The molecule has 1 aromatic carbocycles. The van der Waals surface area contributed by atoms with Gasteiger partial charge in [-0.05, 0) is 37.0 Å². The highest BCUT2D eigenvalue weighted by atomic mass is 16.5. The van der Waals surface area contributed by atoms with Gasteiger partial charge in [0.1, 0.15) is 17.2 Å². The highest BCUT2D eigenvalue weighted by Gasteiger charge is 2.51. The number of hydrogen-bond acceptors (Lipinski definition) is 4. The molecule has 4 nitrogen and oxygen atoms in total. The Labute approximate surface area is 148 Å². The van der Waals surface area contributed by atoms with E-state index in [1.165, 1.54) is 24.8 Å². The van der Waals surface area contributed by atoms with Crippen LogP contribution in [-0.2, 0) is 0 Å². The SMILES string of the molecule is CCC1CCC2(CC1)Oc1ccccc1C1CC(c3ccco3)=NN12. The summed E-state index contributed by atoms with van der Waals surface area (Å²) in [5.74, 6) is 2.74. The second kappa shape index (κ2) is 5.65. The number of para-hydroxylation sites is 1. The Morgan fingerprint density at radius 2 is 2.00 bits per heavy atom. The van der Waals surface area contributed by atoms with Crippen LogP contribution in [0.2, 0.25) is 0 Å². The molecule has 1 fully saturated rings. The molecule has 4 heteroatoms. The lowest BCUT2D eigenvalue weighted by atomic mass is 9.80. The first-order chi connectivity index (χ1) is 12.3. The van der Waals surface area contributed by atoms with Crippen LogP contribution in [-0.4, -0.2) is 16.4 Å².